The van der Waals surface area contributed by atoms with Crippen LogP contribution < -0.4 is 0 Å². The third-order valence-electron chi connectivity index (χ3n) is 14.5. The van der Waals surface area contributed by atoms with E-state index in [2.05, 4.69) is 121 Å². The first kappa shape index (κ1) is 30.5. The van der Waals surface area contributed by atoms with Crippen LogP contribution in [0.4, 0.5) is 0 Å². The molecule has 1 saturated carbocycles. The van der Waals surface area contributed by atoms with E-state index in [1.807, 2.05) is 0 Å². The summed E-state index contributed by atoms with van der Waals surface area (Å²) in [5.41, 5.74) is 14.0. The van der Waals surface area contributed by atoms with Gasteiger partial charge in [0.05, 0.1) is 0 Å². The van der Waals surface area contributed by atoms with E-state index < -0.39 is 0 Å². The van der Waals surface area contributed by atoms with Crippen molar-refractivity contribution in [1.82, 2.24) is 0 Å². The molecule has 0 saturated heterocycles. The van der Waals surface area contributed by atoms with Gasteiger partial charge in [0.1, 0.15) is 11.9 Å². The van der Waals surface area contributed by atoms with Gasteiger partial charge in [0.2, 0.25) is 0 Å². The molecule has 10 aliphatic rings. The maximum atomic E-state index is 6.74. The molecule has 10 atom stereocenters. The molecule has 1 heterocycles. The Kier molecular flexibility index (Phi) is 7.33. The minimum atomic E-state index is 0.138. The largest absolute Gasteiger partial charge is 0.489 e. The van der Waals surface area contributed by atoms with Crippen LogP contribution in [0.15, 0.2) is 161 Å². The number of rotatable bonds is 3. The fourth-order valence-corrected chi connectivity index (χ4v) is 12.2. The van der Waals surface area contributed by atoms with Crippen LogP contribution >= 0.6 is 0 Å². The molecule has 256 valence electrons. The lowest BCUT2D eigenvalue weighted by Crippen LogP contribution is -2.32. The first-order valence-corrected chi connectivity index (χ1v) is 20.4. The average molecular weight is 667 g/mol. The highest BCUT2D eigenvalue weighted by Gasteiger charge is 2.46. The van der Waals surface area contributed by atoms with E-state index in [1.165, 1.54) is 73.8 Å². The zero-order valence-electron chi connectivity index (χ0n) is 29.8. The summed E-state index contributed by atoms with van der Waals surface area (Å²) >= 11 is 0. The highest BCUT2D eigenvalue weighted by atomic mass is 16.5. The lowest BCUT2D eigenvalue weighted by atomic mass is 9.59. The van der Waals surface area contributed by atoms with Gasteiger partial charge in [0.25, 0.3) is 0 Å². The molecule has 0 radical (unpaired) electrons. The molecule has 9 aliphatic carbocycles. The smallest absolute Gasteiger partial charge is 0.127 e. The molecule has 0 amide bonds. The van der Waals surface area contributed by atoms with E-state index in [1.54, 1.807) is 33.4 Å². The summed E-state index contributed by atoms with van der Waals surface area (Å²) in [5.74, 6) is 5.98. The summed E-state index contributed by atoms with van der Waals surface area (Å²) in [6.45, 7) is 0. The van der Waals surface area contributed by atoms with Crippen molar-refractivity contribution >= 4 is 5.57 Å². The topological polar surface area (TPSA) is 9.23 Å². The highest BCUT2D eigenvalue weighted by molar-refractivity contribution is 5.80. The van der Waals surface area contributed by atoms with Crippen molar-refractivity contribution in [2.45, 2.75) is 76.2 Å². The van der Waals surface area contributed by atoms with Crippen LogP contribution in [0.1, 0.15) is 81.3 Å². The number of hydrogen-bond donors (Lipinski definition) is 0. The summed E-state index contributed by atoms with van der Waals surface area (Å²) in [5, 5.41) is 0. The van der Waals surface area contributed by atoms with Crippen LogP contribution in [0.2, 0.25) is 0 Å². The molecule has 1 aromatic rings. The molecule has 1 nitrogen and oxygen atoms in total. The molecular formula is C50H50O. The molecule has 51 heavy (non-hydrogen) atoms. The van der Waals surface area contributed by atoms with Gasteiger partial charge in [0, 0.05) is 29.2 Å². The van der Waals surface area contributed by atoms with Gasteiger partial charge in [-0.3, -0.25) is 0 Å². The van der Waals surface area contributed by atoms with E-state index >= 15 is 0 Å². The van der Waals surface area contributed by atoms with Crippen LogP contribution in [0.5, 0.6) is 0 Å². The standard InChI is InChI=1S/C50H50O/c1-3-13-33-27-36(23-21-31(33)11-1)48-40-17-6-7-18-41(40)49(37-24-22-32-12-2-4-14-34(32)28-37)45-29-35(25-26-42(45)48)44-30-46-39-16-9-10-20-47(39)51-50(46)43-19-8-5-15-38(43)44/h1,4,6-11,14,16-21,25-27,29-30,32,34,36-39,42-43,47-48H,2-3,5,12-13,15,22-24,28H2. The molecule has 1 aromatic carbocycles. The fraction of sp³-hybridized carbons (Fsp3) is 0.400. The van der Waals surface area contributed by atoms with Crippen molar-refractivity contribution in [1.29, 1.82) is 0 Å². The lowest BCUT2D eigenvalue weighted by molar-refractivity contribution is 0.136. The predicted molar refractivity (Wildman–Crippen MR) is 209 cm³/mol. The summed E-state index contributed by atoms with van der Waals surface area (Å²) in [7, 11) is 0. The quantitative estimate of drug-likeness (QED) is 0.292. The van der Waals surface area contributed by atoms with Crippen molar-refractivity contribution in [3.8, 4) is 0 Å². The summed E-state index contributed by atoms with van der Waals surface area (Å²) in [4.78, 5) is 0. The Bertz CT molecular complexity index is 2040. The van der Waals surface area contributed by atoms with Crippen LogP contribution in [0.25, 0.3) is 5.57 Å². The Balaban J connectivity index is 1.06. The minimum Gasteiger partial charge on any atom is -0.489 e. The van der Waals surface area contributed by atoms with Crippen molar-refractivity contribution < 1.29 is 4.74 Å². The second kappa shape index (κ2) is 12.3. The zero-order chi connectivity index (χ0) is 33.5. The first-order valence-electron chi connectivity index (χ1n) is 20.4. The molecule has 0 aromatic heterocycles. The SMILES string of the molecule is C1=CC2OC3=C(C=C(C4=CC5=C(C6CCC7CCC=CC7C6)c6ccccc6C(C6C=C7CCC=CC7=CC6)C5C=C4)C4CCC=CC34)C2C=C1. The average Bonchev–Trinajstić information content (AvgIpc) is 3.58. The first-order chi connectivity index (χ1) is 25.3. The molecule has 0 N–H and O–H groups in total. The van der Waals surface area contributed by atoms with E-state index in [-0.39, 0.29) is 6.10 Å². The van der Waals surface area contributed by atoms with Crippen LogP contribution in [-0.4, -0.2) is 6.10 Å². The highest BCUT2D eigenvalue weighted by Crippen LogP contribution is 2.58. The maximum absolute atomic E-state index is 6.74. The zero-order valence-corrected chi connectivity index (χ0v) is 29.8. The Morgan fingerprint density at radius 2 is 1.61 bits per heavy atom. The number of benzene rings is 1. The summed E-state index contributed by atoms with van der Waals surface area (Å²) in [6.07, 6.45) is 52.1. The molecule has 0 bridgehead atoms. The van der Waals surface area contributed by atoms with Gasteiger partial charge in [-0.15, -0.1) is 0 Å². The molecule has 11 rings (SSSR count). The van der Waals surface area contributed by atoms with Crippen LogP contribution in [0, 0.1) is 47.3 Å². The number of hydrogen-bond acceptors (Lipinski definition) is 1. The third-order valence-corrected chi connectivity index (χ3v) is 14.5. The monoisotopic (exact) mass is 666 g/mol. The normalized spacial score (nSPS) is 38.2. The Hall–Kier alpha value is -4.10. The Morgan fingerprint density at radius 1 is 0.686 bits per heavy atom. The molecule has 0 spiro atoms. The van der Waals surface area contributed by atoms with Crippen molar-refractivity contribution in [3.05, 3.63) is 172 Å². The van der Waals surface area contributed by atoms with E-state index in [4.69, 9.17) is 4.74 Å². The lowest BCUT2D eigenvalue weighted by Gasteiger charge is -2.45. The van der Waals surface area contributed by atoms with Crippen LogP contribution in [-0.2, 0) is 4.74 Å². The molecular weight excluding hydrogens is 617 g/mol. The van der Waals surface area contributed by atoms with Gasteiger partial charge < -0.3 is 4.74 Å². The van der Waals surface area contributed by atoms with Gasteiger partial charge in [-0.1, -0.05) is 115 Å². The molecule has 1 aliphatic heterocycles. The summed E-state index contributed by atoms with van der Waals surface area (Å²) < 4.78 is 6.74. The molecule has 1 fully saturated rings. The second-order valence-corrected chi connectivity index (χ2v) is 17.0. The van der Waals surface area contributed by atoms with Gasteiger partial charge in [-0.2, -0.15) is 0 Å². The van der Waals surface area contributed by atoms with Crippen molar-refractivity contribution in [3.63, 3.8) is 0 Å². The summed E-state index contributed by atoms with van der Waals surface area (Å²) in [6, 6.07) is 9.67. The van der Waals surface area contributed by atoms with E-state index in [9.17, 15) is 0 Å². The van der Waals surface area contributed by atoms with Crippen molar-refractivity contribution in [2.75, 3.05) is 0 Å². The fourth-order valence-electron chi connectivity index (χ4n) is 12.2. The molecule has 10 unspecified atom stereocenters. The predicted octanol–water partition coefficient (Wildman–Crippen LogP) is 12.2. The van der Waals surface area contributed by atoms with Gasteiger partial charge in [-0.25, -0.2) is 0 Å². The van der Waals surface area contributed by atoms with Gasteiger partial charge in [0.15, 0.2) is 0 Å². The number of allylic oxidation sites excluding steroid dienone is 20. The minimum absolute atomic E-state index is 0.138. The Morgan fingerprint density at radius 3 is 2.61 bits per heavy atom. The van der Waals surface area contributed by atoms with Gasteiger partial charge in [-0.05, 0) is 144 Å². The second-order valence-electron chi connectivity index (χ2n) is 17.0. The maximum Gasteiger partial charge on any atom is 0.127 e. The number of ether oxygens (including phenoxy) is 1. The van der Waals surface area contributed by atoms with Crippen LogP contribution in [0.3, 0.4) is 0 Å². The van der Waals surface area contributed by atoms with Crippen molar-refractivity contribution in [2.24, 2.45) is 47.3 Å². The van der Waals surface area contributed by atoms with E-state index in [0.29, 0.717) is 41.4 Å². The van der Waals surface area contributed by atoms with E-state index in [0.717, 1.165) is 24.7 Å². The van der Waals surface area contributed by atoms with Gasteiger partial charge >= 0.3 is 0 Å². The Labute approximate surface area is 304 Å². The third kappa shape index (κ3) is 4.93. The molecule has 1 heteroatoms. The number of fused-ring (bicyclic) bond motifs is 8.